The molecular formula is C14H19N5O. The Balaban J connectivity index is 1.80. The Bertz CT molecular complexity index is 589. The summed E-state index contributed by atoms with van der Waals surface area (Å²) in [6, 6.07) is 5.83. The number of nitrogens with two attached hydrogens (primary N) is 1. The third-order valence-corrected chi connectivity index (χ3v) is 3.92. The van der Waals surface area contributed by atoms with Crippen LogP contribution in [0, 0.1) is 12.8 Å². The van der Waals surface area contributed by atoms with Crippen molar-refractivity contribution < 1.29 is 4.74 Å². The molecule has 106 valence electrons. The van der Waals surface area contributed by atoms with Crippen molar-refractivity contribution >= 4 is 5.69 Å². The van der Waals surface area contributed by atoms with Crippen molar-refractivity contribution in [2.45, 2.75) is 26.3 Å². The summed E-state index contributed by atoms with van der Waals surface area (Å²) in [6.07, 6.45) is 2.17. The fourth-order valence-electron chi connectivity index (χ4n) is 2.56. The number of hydrogen-bond donors (Lipinski definition) is 1. The van der Waals surface area contributed by atoms with Crippen LogP contribution >= 0.6 is 0 Å². The number of tetrazole rings is 1. The first-order chi connectivity index (χ1) is 9.75. The Labute approximate surface area is 117 Å². The first-order valence-electron chi connectivity index (χ1n) is 6.95. The molecule has 2 N–H and O–H groups in total. The number of aryl methyl sites for hydroxylation is 1. The molecule has 0 spiro atoms. The van der Waals surface area contributed by atoms with Gasteiger partial charge in [-0.2, -0.15) is 0 Å². The molecule has 20 heavy (non-hydrogen) atoms. The third kappa shape index (κ3) is 2.51. The second-order valence-electron chi connectivity index (χ2n) is 5.26. The Hall–Kier alpha value is -1.95. The van der Waals surface area contributed by atoms with Crippen LogP contribution in [0.5, 0.6) is 0 Å². The lowest BCUT2D eigenvalue weighted by Gasteiger charge is -2.10. The molecule has 3 rings (SSSR count). The van der Waals surface area contributed by atoms with Crippen LogP contribution in [0.2, 0.25) is 0 Å². The molecule has 1 unspecified atom stereocenters. The molecule has 0 amide bonds. The van der Waals surface area contributed by atoms with E-state index in [4.69, 9.17) is 10.5 Å². The van der Waals surface area contributed by atoms with Crippen LogP contribution in [0.1, 0.15) is 18.4 Å². The van der Waals surface area contributed by atoms with E-state index in [9.17, 15) is 0 Å². The van der Waals surface area contributed by atoms with Gasteiger partial charge in [-0.05, 0) is 47.7 Å². The SMILES string of the molecule is Cc1c(N)cccc1-c1nnnn1CCC1CCOC1. The summed E-state index contributed by atoms with van der Waals surface area (Å²) in [5, 5.41) is 12.1. The van der Waals surface area contributed by atoms with Gasteiger partial charge in [-0.3, -0.25) is 0 Å². The van der Waals surface area contributed by atoms with E-state index < -0.39 is 0 Å². The lowest BCUT2D eigenvalue weighted by molar-refractivity contribution is 0.183. The standard InChI is InChI=1S/C14H19N5O/c1-10-12(3-2-4-13(10)15)14-16-17-18-19(14)7-5-11-6-8-20-9-11/h2-4,11H,5-9,15H2,1H3. The minimum atomic E-state index is 0.619. The number of nitrogens with zero attached hydrogens (tertiary/aromatic N) is 4. The summed E-state index contributed by atoms with van der Waals surface area (Å²) in [4.78, 5) is 0. The summed E-state index contributed by atoms with van der Waals surface area (Å²) in [5.74, 6) is 1.41. The summed E-state index contributed by atoms with van der Waals surface area (Å²) < 4.78 is 7.26. The number of hydrogen-bond acceptors (Lipinski definition) is 5. The fourth-order valence-corrected chi connectivity index (χ4v) is 2.56. The maximum absolute atomic E-state index is 5.96. The van der Waals surface area contributed by atoms with E-state index in [-0.39, 0.29) is 0 Å². The maximum Gasteiger partial charge on any atom is 0.182 e. The Morgan fingerprint density at radius 2 is 2.35 bits per heavy atom. The van der Waals surface area contributed by atoms with Crippen LogP contribution < -0.4 is 5.73 Å². The van der Waals surface area contributed by atoms with Crippen LogP contribution in [0.4, 0.5) is 5.69 Å². The molecule has 1 aliphatic heterocycles. The number of rotatable bonds is 4. The summed E-state index contributed by atoms with van der Waals surface area (Å²) in [6.45, 7) is 4.54. The van der Waals surface area contributed by atoms with Crippen LogP contribution in [-0.4, -0.2) is 33.4 Å². The van der Waals surface area contributed by atoms with Gasteiger partial charge in [-0.25, -0.2) is 4.68 Å². The number of anilines is 1. The molecule has 1 fully saturated rings. The molecular weight excluding hydrogens is 254 g/mol. The normalized spacial score (nSPS) is 18.6. The molecule has 1 saturated heterocycles. The monoisotopic (exact) mass is 273 g/mol. The lowest BCUT2D eigenvalue weighted by atomic mass is 10.0. The van der Waals surface area contributed by atoms with Crippen molar-refractivity contribution in [1.29, 1.82) is 0 Å². The predicted octanol–water partition coefficient (Wildman–Crippen LogP) is 1.66. The second-order valence-corrected chi connectivity index (χ2v) is 5.26. The van der Waals surface area contributed by atoms with E-state index in [1.807, 2.05) is 29.8 Å². The molecule has 1 atom stereocenters. The molecule has 0 aliphatic carbocycles. The highest BCUT2D eigenvalue weighted by atomic mass is 16.5. The Morgan fingerprint density at radius 3 is 3.15 bits per heavy atom. The van der Waals surface area contributed by atoms with E-state index in [0.717, 1.165) is 55.2 Å². The van der Waals surface area contributed by atoms with Gasteiger partial charge in [-0.1, -0.05) is 12.1 Å². The highest BCUT2D eigenvalue weighted by Crippen LogP contribution is 2.25. The van der Waals surface area contributed by atoms with Gasteiger partial charge < -0.3 is 10.5 Å². The quantitative estimate of drug-likeness (QED) is 0.857. The number of nitrogen functional groups attached to an aromatic ring is 1. The molecule has 1 aliphatic rings. The largest absolute Gasteiger partial charge is 0.398 e. The summed E-state index contributed by atoms with van der Waals surface area (Å²) >= 11 is 0. The van der Waals surface area contributed by atoms with Crippen molar-refractivity contribution in [3.8, 4) is 11.4 Å². The molecule has 6 nitrogen and oxygen atoms in total. The Morgan fingerprint density at radius 1 is 1.45 bits per heavy atom. The van der Waals surface area contributed by atoms with Gasteiger partial charge in [0.1, 0.15) is 0 Å². The molecule has 2 heterocycles. The zero-order valence-corrected chi connectivity index (χ0v) is 11.6. The maximum atomic E-state index is 5.96. The summed E-state index contributed by atoms with van der Waals surface area (Å²) in [5.41, 5.74) is 8.74. The zero-order chi connectivity index (χ0) is 13.9. The van der Waals surface area contributed by atoms with E-state index in [1.165, 1.54) is 0 Å². The van der Waals surface area contributed by atoms with E-state index in [1.54, 1.807) is 0 Å². The third-order valence-electron chi connectivity index (χ3n) is 3.92. The van der Waals surface area contributed by atoms with Crippen molar-refractivity contribution in [3.63, 3.8) is 0 Å². The number of ether oxygens (including phenoxy) is 1. The van der Waals surface area contributed by atoms with Crippen LogP contribution in [0.15, 0.2) is 18.2 Å². The summed E-state index contributed by atoms with van der Waals surface area (Å²) in [7, 11) is 0. The molecule has 6 heteroatoms. The lowest BCUT2D eigenvalue weighted by Crippen LogP contribution is -2.09. The van der Waals surface area contributed by atoms with Crippen LogP contribution in [0.25, 0.3) is 11.4 Å². The van der Waals surface area contributed by atoms with E-state index in [2.05, 4.69) is 15.5 Å². The van der Waals surface area contributed by atoms with Crippen LogP contribution in [0.3, 0.4) is 0 Å². The smallest absolute Gasteiger partial charge is 0.182 e. The Kier molecular flexibility index (Phi) is 3.64. The van der Waals surface area contributed by atoms with Crippen molar-refractivity contribution in [2.75, 3.05) is 18.9 Å². The van der Waals surface area contributed by atoms with E-state index in [0.29, 0.717) is 5.92 Å². The highest BCUT2D eigenvalue weighted by molar-refractivity contribution is 5.67. The van der Waals surface area contributed by atoms with Crippen molar-refractivity contribution in [2.24, 2.45) is 5.92 Å². The minimum absolute atomic E-state index is 0.619. The van der Waals surface area contributed by atoms with Crippen LogP contribution in [-0.2, 0) is 11.3 Å². The average molecular weight is 273 g/mol. The first-order valence-corrected chi connectivity index (χ1v) is 6.95. The molecule has 0 saturated carbocycles. The van der Waals surface area contributed by atoms with Gasteiger partial charge in [0.2, 0.25) is 0 Å². The van der Waals surface area contributed by atoms with Gasteiger partial charge in [0.05, 0.1) is 0 Å². The molecule has 2 aromatic rings. The zero-order valence-electron chi connectivity index (χ0n) is 11.6. The van der Waals surface area contributed by atoms with Gasteiger partial charge >= 0.3 is 0 Å². The first kappa shape index (κ1) is 13.1. The average Bonchev–Trinajstić information content (AvgIpc) is 3.10. The number of benzene rings is 1. The van der Waals surface area contributed by atoms with Gasteiger partial charge in [0.25, 0.3) is 0 Å². The predicted molar refractivity (Wildman–Crippen MR) is 75.9 cm³/mol. The molecule has 0 radical (unpaired) electrons. The minimum Gasteiger partial charge on any atom is -0.398 e. The van der Waals surface area contributed by atoms with E-state index >= 15 is 0 Å². The molecule has 1 aromatic heterocycles. The second kappa shape index (κ2) is 5.58. The highest BCUT2D eigenvalue weighted by Gasteiger charge is 2.18. The van der Waals surface area contributed by atoms with Gasteiger partial charge in [0, 0.05) is 31.0 Å². The topological polar surface area (TPSA) is 78.9 Å². The molecule has 1 aromatic carbocycles. The number of aromatic nitrogens is 4. The van der Waals surface area contributed by atoms with Gasteiger partial charge in [-0.15, -0.1) is 5.10 Å². The fraction of sp³-hybridized carbons (Fsp3) is 0.500. The molecule has 0 bridgehead atoms. The van der Waals surface area contributed by atoms with Crippen molar-refractivity contribution in [1.82, 2.24) is 20.2 Å². The van der Waals surface area contributed by atoms with Crippen molar-refractivity contribution in [3.05, 3.63) is 23.8 Å². The van der Waals surface area contributed by atoms with Gasteiger partial charge in [0.15, 0.2) is 5.82 Å².